The van der Waals surface area contributed by atoms with Gasteiger partial charge < -0.3 is 10.6 Å². The number of halogens is 2. The Kier molecular flexibility index (Phi) is 4.86. The summed E-state index contributed by atoms with van der Waals surface area (Å²) >= 11 is 12.0. The standard InChI is InChI=1S/C16H22Cl2N2O/c1-16(2,3)14(19)15(21)20(11-5-6-11)9-10-4-7-12(17)13(18)8-10/h4,7-8,11,14H,5-6,9,19H2,1-3H3/t14-/m0/s1. The maximum absolute atomic E-state index is 12.7. The van der Waals surface area contributed by atoms with E-state index in [9.17, 15) is 4.79 Å². The first-order valence-electron chi connectivity index (χ1n) is 7.20. The van der Waals surface area contributed by atoms with Crippen LogP contribution in [0, 0.1) is 5.41 Å². The SMILES string of the molecule is CC(C)(C)[C@@H](N)C(=O)N(Cc1ccc(Cl)c(Cl)c1)C1CC1. The normalized spacial score (nSPS) is 16.7. The van der Waals surface area contributed by atoms with Crippen molar-refractivity contribution >= 4 is 29.1 Å². The molecule has 5 heteroatoms. The van der Waals surface area contributed by atoms with Crippen LogP contribution in [0.4, 0.5) is 0 Å². The molecule has 2 rings (SSSR count). The molecule has 1 aromatic carbocycles. The molecular weight excluding hydrogens is 307 g/mol. The molecule has 1 saturated carbocycles. The number of hydrogen-bond donors (Lipinski definition) is 1. The lowest BCUT2D eigenvalue weighted by molar-refractivity contribution is -0.136. The number of carbonyl (C=O) groups is 1. The van der Waals surface area contributed by atoms with Crippen molar-refractivity contribution < 1.29 is 4.79 Å². The Morgan fingerprint density at radius 1 is 1.33 bits per heavy atom. The molecule has 1 aromatic rings. The van der Waals surface area contributed by atoms with Crippen LogP contribution < -0.4 is 5.73 Å². The maximum Gasteiger partial charge on any atom is 0.240 e. The van der Waals surface area contributed by atoms with Crippen molar-refractivity contribution in [3.63, 3.8) is 0 Å². The van der Waals surface area contributed by atoms with Crippen molar-refractivity contribution in [1.82, 2.24) is 4.90 Å². The maximum atomic E-state index is 12.7. The van der Waals surface area contributed by atoms with Gasteiger partial charge in [-0.3, -0.25) is 4.79 Å². The Morgan fingerprint density at radius 2 is 1.95 bits per heavy atom. The van der Waals surface area contributed by atoms with Gasteiger partial charge in [0.25, 0.3) is 0 Å². The lowest BCUT2D eigenvalue weighted by Crippen LogP contribution is -2.50. The van der Waals surface area contributed by atoms with Crippen LogP contribution in [0.2, 0.25) is 10.0 Å². The molecule has 0 unspecified atom stereocenters. The highest BCUT2D eigenvalue weighted by molar-refractivity contribution is 6.42. The van der Waals surface area contributed by atoms with Crippen LogP contribution in [0.25, 0.3) is 0 Å². The van der Waals surface area contributed by atoms with E-state index >= 15 is 0 Å². The predicted octanol–water partition coefficient (Wildman–Crippen LogP) is 3.86. The van der Waals surface area contributed by atoms with Crippen molar-refractivity contribution in [2.75, 3.05) is 0 Å². The van der Waals surface area contributed by atoms with Crippen LogP contribution in [0.1, 0.15) is 39.2 Å². The molecule has 1 aliphatic carbocycles. The lowest BCUT2D eigenvalue weighted by atomic mass is 9.86. The minimum atomic E-state index is -0.499. The van der Waals surface area contributed by atoms with E-state index in [1.807, 2.05) is 37.8 Å². The molecular formula is C16H22Cl2N2O. The van der Waals surface area contributed by atoms with E-state index in [-0.39, 0.29) is 11.3 Å². The third-order valence-corrected chi connectivity index (χ3v) is 4.55. The quantitative estimate of drug-likeness (QED) is 0.912. The summed E-state index contributed by atoms with van der Waals surface area (Å²) in [5, 5.41) is 1.04. The van der Waals surface area contributed by atoms with Gasteiger partial charge in [-0.05, 0) is 36.0 Å². The summed E-state index contributed by atoms with van der Waals surface area (Å²) < 4.78 is 0. The number of rotatable bonds is 4. The Morgan fingerprint density at radius 3 is 2.43 bits per heavy atom. The molecule has 116 valence electrons. The Labute approximate surface area is 136 Å². The van der Waals surface area contributed by atoms with Crippen molar-refractivity contribution in [3.05, 3.63) is 33.8 Å². The molecule has 0 spiro atoms. The molecule has 21 heavy (non-hydrogen) atoms. The van der Waals surface area contributed by atoms with E-state index in [2.05, 4.69) is 0 Å². The number of nitrogens with two attached hydrogens (primary N) is 1. The van der Waals surface area contributed by atoms with E-state index in [1.54, 1.807) is 6.07 Å². The smallest absolute Gasteiger partial charge is 0.240 e. The summed E-state index contributed by atoms with van der Waals surface area (Å²) in [7, 11) is 0. The highest BCUT2D eigenvalue weighted by atomic mass is 35.5. The van der Waals surface area contributed by atoms with E-state index in [1.165, 1.54) is 0 Å². The second kappa shape index (κ2) is 6.15. The second-order valence-electron chi connectivity index (χ2n) is 6.79. The zero-order valence-electron chi connectivity index (χ0n) is 12.7. The van der Waals surface area contributed by atoms with Gasteiger partial charge in [0.1, 0.15) is 0 Å². The van der Waals surface area contributed by atoms with E-state index in [0.717, 1.165) is 18.4 Å². The minimum Gasteiger partial charge on any atom is -0.334 e. The zero-order chi connectivity index (χ0) is 15.8. The highest BCUT2D eigenvalue weighted by Gasteiger charge is 2.38. The Bertz CT molecular complexity index is 536. The van der Waals surface area contributed by atoms with Gasteiger partial charge in [0, 0.05) is 12.6 Å². The summed E-state index contributed by atoms with van der Waals surface area (Å²) in [6.45, 7) is 6.49. The third kappa shape index (κ3) is 4.12. The number of nitrogens with zero attached hydrogens (tertiary/aromatic N) is 1. The van der Waals surface area contributed by atoms with Crippen LogP contribution in [-0.4, -0.2) is 22.9 Å². The van der Waals surface area contributed by atoms with Crippen LogP contribution in [0.15, 0.2) is 18.2 Å². The molecule has 0 aliphatic heterocycles. The fraction of sp³-hybridized carbons (Fsp3) is 0.562. The van der Waals surface area contributed by atoms with Gasteiger partial charge in [-0.25, -0.2) is 0 Å². The predicted molar refractivity (Wildman–Crippen MR) is 87.5 cm³/mol. The molecule has 0 saturated heterocycles. The van der Waals surface area contributed by atoms with Crippen LogP contribution in [-0.2, 0) is 11.3 Å². The number of benzene rings is 1. The first kappa shape index (κ1) is 16.6. The summed E-state index contributed by atoms with van der Waals surface area (Å²) in [6, 6.07) is 5.29. The van der Waals surface area contributed by atoms with Gasteiger partial charge in [0.2, 0.25) is 5.91 Å². The average molecular weight is 329 g/mol. The number of hydrogen-bond acceptors (Lipinski definition) is 2. The molecule has 1 amide bonds. The van der Waals surface area contributed by atoms with Crippen LogP contribution >= 0.6 is 23.2 Å². The van der Waals surface area contributed by atoms with Crippen LogP contribution in [0.5, 0.6) is 0 Å². The largest absolute Gasteiger partial charge is 0.334 e. The second-order valence-corrected chi connectivity index (χ2v) is 7.60. The van der Waals surface area contributed by atoms with E-state index < -0.39 is 6.04 Å². The molecule has 1 aliphatic rings. The van der Waals surface area contributed by atoms with E-state index in [4.69, 9.17) is 28.9 Å². The first-order valence-corrected chi connectivity index (χ1v) is 7.95. The average Bonchev–Trinajstić information content (AvgIpc) is 3.21. The fourth-order valence-electron chi connectivity index (χ4n) is 2.16. The molecule has 0 aromatic heterocycles. The summed E-state index contributed by atoms with van der Waals surface area (Å²) in [5.74, 6) is 0.0103. The van der Waals surface area contributed by atoms with Gasteiger partial charge >= 0.3 is 0 Å². The molecule has 1 fully saturated rings. The topological polar surface area (TPSA) is 46.3 Å². The Hall–Kier alpha value is -0.770. The van der Waals surface area contributed by atoms with Crippen molar-refractivity contribution in [2.24, 2.45) is 11.1 Å². The summed E-state index contributed by atoms with van der Waals surface area (Å²) in [5.41, 5.74) is 6.86. The molecule has 1 atom stereocenters. The van der Waals surface area contributed by atoms with Crippen molar-refractivity contribution in [1.29, 1.82) is 0 Å². The molecule has 0 radical (unpaired) electrons. The monoisotopic (exact) mass is 328 g/mol. The molecule has 0 heterocycles. The van der Waals surface area contributed by atoms with Crippen LogP contribution in [0.3, 0.4) is 0 Å². The zero-order valence-corrected chi connectivity index (χ0v) is 14.2. The Balaban J connectivity index is 2.16. The van der Waals surface area contributed by atoms with Gasteiger partial charge in [-0.2, -0.15) is 0 Å². The molecule has 2 N–H and O–H groups in total. The van der Waals surface area contributed by atoms with Crippen molar-refractivity contribution in [2.45, 2.75) is 52.2 Å². The molecule has 0 bridgehead atoms. The lowest BCUT2D eigenvalue weighted by Gasteiger charge is -2.32. The number of carbonyl (C=O) groups excluding carboxylic acids is 1. The van der Waals surface area contributed by atoms with Crippen molar-refractivity contribution in [3.8, 4) is 0 Å². The summed E-state index contributed by atoms with van der Waals surface area (Å²) in [4.78, 5) is 14.6. The highest BCUT2D eigenvalue weighted by Crippen LogP contribution is 2.32. The van der Waals surface area contributed by atoms with E-state index in [0.29, 0.717) is 22.6 Å². The van der Waals surface area contributed by atoms with Gasteiger partial charge in [-0.1, -0.05) is 50.0 Å². The third-order valence-electron chi connectivity index (χ3n) is 3.81. The minimum absolute atomic E-state index is 0.0103. The van der Waals surface area contributed by atoms with Gasteiger partial charge in [0.15, 0.2) is 0 Å². The fourth-order valence-corrected chi connectivity index (χ4v) is 2.48. The first-order chi connectivity index (χ1) is 9.70. The number of amides is 1. The molecule has 3 nitrogen and oxygen atoms in total. The summed E-state index contributed by atoms with van der Waals surface area (Å²) in [6.07, 6.45) is 2.09. The van der Waals surface area contributed by atoms with Gasteiger partial charge in [0.05, 0.1) is 16.1 Å². The van der Waals surface area contributed by atoms with Gasteiger partial charge in [-0.15, -0.1) is 0 Å².